The minimum absolute atomic E-state index is 0.199. The summed E-state index contributed by atoms with van der Waals surface area (Å²) in [4.78, 5) is -0.199. The maximum absolute atomic E-state index is 12.1. The van der Waals surface area contributed by atoms with Gasteiger partial charge in [0.2, 0.25) is 0 Å². The van der Waals surface area contributed by atoms with Gasteiger partial charge in [0, 0.05) is 9.60 Å². The highest BCUT2D eigenvalue weighted by molar-refractivity contribution is 7.86. The Labute approximate surface area is 106 Å². The molecule has 0 aromatic heterocycles. The van der Waals surface area contributed by atoms with E-state index in [2.05, 4.69) is 4.18 Å². The van der Waals surface area contributed by atoms with Gasteiger partial charge in [0.15, 0.2) is 0 Å². The Hall–Kier alpha value is -0.870. The lowest BCUT2D eigenvalue weighted by molar-refractivity contribution is 0.185. The summed E-state index contributed by atoms with van der Waals surface area (Å²) in [6.07, 6.45) is -8.71. The van der Waals surface area contributed by atoms with E-state index < -0.39 is 41.7 Å². The molecule has 1 aliphatic rings. The molecule has 1 aromatic rings. The molecule has 1 aromatic carbocycles. The maximum atomic E-state index is 12.1. The molecule has 0 radical (unpaired) electrons. The van der Waals surface area contributed by atoms with Crippen molar-refractivity contribution < 1.29 is 22.2 Å². The predicted octanol–water partition coefficient (Wildman–Crippen LogP) is 2.50. The molecule has 4 heteroatoms. The molecule has 1 aliphatic carbocycles. The quantitative estimate of drug-likeness (QED) is 0.768. The van der Waals surface area contributed by atoms with Gasteiger partial charge in [-0.15, -0.1) is 0 Å². The fourth-order valence-corrected chi connectivity index (χ4v) is 2.01. The van der Waals surface area contributed by atoms with Gasteiger partial charge in [0.25, 0.3) is 10.1 Å². The van der Waals surface area contributed by atoms with Crippen molar-refractivity contribution in [1.29, 1.82) is 0 Å². The van der Waals surface area contributed by atoms with E-state index in [4.69, 9.17) is 9.60 Å². The lowest BCUT2D eigenvalue weighted by Gasteiger charge is -2.24. The number of rotatable bonds is 4. The van der Waals surface area contributed by atoms with Crippen molar-refractivity contribution in [2.75, 3.05) is 6.61 Å². The number of hydrogen-bond acceptors (Lipinski definition) is 3. The van der Waals surface area contributed by atoms with Gasteiger partial charge in [-0.2, -0.15) is 8.42 Å². The van der Waals surface area contributed by atoms with E-state index in [0.717, 1.165) is 5.56 Å². The van der Waals surface area contributed by atoms with Gasteiger partial charge in [-0.3, -0.25) is 4.18 Å². The molecule has 0 aliphatic heterocycles. The summed E-state index contributed by atoms with van der Waals surface area (Å²) in [6, 6.07) is 5.63. The second kappa shape index (κ2) is 4.55. The van der Waals surface area contributed by atoms with Gasteiger partial charge in [-0.1, -0.05) is 24.1 Å². The van der Waals surface area contributed by atoms with Crippen molar-refractivity contribution in [2.24, 2.45) is 5.89 Å². The SMILES string of the molecule is [2H]C1([2H])C([2H])([2H])C([2H])(COS(=O)(=O)c2ccc(C)cc2)C1([2H])[2H]. The van der Waals surface area contributed by atoms with Gasteiger partial charge in [0.05, 0.1) is 11.5 Å². The Balaban J connectivity index is 2.25. The van der Waals surface area contributed by atoms with Crippen molar-refractivity contribution >= 4 is 10.1 Å². The molecule has 0 N–H and O–H groups in total. The first-order valence-corrected chi connectivity index (χ1v) is 6.08. The normalized spacial score (nSPS) is 34.9. The Kier molecular flexibility index (Phi) is 1.61. The average molecular weight is 247 g/mol. The van der Waals surface area contributed by atoms with E-state index in [9.17, 15) is 8.42 Å². The molecule has 3 nitrogen and oxygen atoms in total. The van der Waals surface area contributed by atoms with Crippen LogP contribution < -0.4 is 0 Å². The van der Waals surface area contributed by atoms with Crippen molar-refractivity contribution in [2.45, 2.75) is 30.9 Å². The molecule has 88 valence electrons. The predicted molar refractivity (Wildman–Crippen MR) is 61.7 cm³/mol. The maximum Gasteiger partial charge on any atom is 0.296 e. The molecule has 1 fully saturated rings. The molecule has 16 heavy (non-hydrogen) atoms. The molecule has 0 saturated heterocycles. The lowest BCUT2D eigenvalue weighted by Crippen LogP contribution is -2.20. The third-order valence-corrected chi connectivity index (χ3v) is 3.37. The summed E-state index contributed by atoms with van der Waals surface area (Å²) < 4.78 is 82.0. The summed E-state index contributed by atoms with van der Waals surface area (Å²) in [7, 11) is -4.30. The summed E-state index contributed by atoms with van der Waals surface area (Å²) in [5.74, 6) is -2.68. The summed E-state index contributed by atoms with van der Waals surface area (Å²) in [5.41, 5.74) is 0.820. The van der Waals surface area contributed by atoms with E-state index in [0.29, 0.717) is 0 Å². The van der Waals surface area contributed by atoms with E-state index in [-0.39, 0.29) is 4.90 Å². The van der Waals surface area contributed by atoms with Crippen LogP contribution >= 0.6 is 0 Å². The van der Waals surface area contributed by atoms with Gasteiger partial charge in [0.1, 0.15) is 0 Å². The zero-order valence-corrected chi connectivity index (χ0v) is 9.47. The minimum Gasteiger partial charge on any atom is -0.266 e. The van der Waals surface area contributed by atoms with Gasteiger partial charge >= 0.3 is 0 Å². The van der Waals surface area contributed by atoms with Crippen LogP contribution in [0.1, 0.15) is 34.3 Å². The Bertz CT molecular complexity index is 695. The largest absolute Gasteiger partial charge is 0.296 e. The summed E-state index contributed by atoms with van der Waals surface area (Å²) in [5, 5.41) is 0. The van der Waals surface area contributed by atoms with Crippen molar-refractivity contribution in [1.82, 2.24) is 0 Å². The molecule has 0 atom stereocenters. The van der Waals surface area contributed by atoms with Crippen molar-refractivity contribution in [3.05, 3.63) is 29.8 Å². The van der Waals surface area contributed by atoms with Gasteiger partial charge in [-0.25, -0.2) is 0 Å². The first-order valence-electron chi connectivity index (χ1n) is 8.17. The standard InChI is InChI=1S/C12H16O3S/c1-10-5-7-12(8-6-10)16(13,14)15-9-11-3-2-4-11/h5-8,11H,2-4,9H2,1H3/i2D2,3D2,4D2,11D. The van der Waals surface area contributed by atoms with Gasteiger partial charge in [-0.05, 0) is 37.7 Å². The van der Waals surface area contributed by atoms with E-state index >= 15 is 0 Å². The zero-order valence-electron chi connectivity index (χ0n) is 15.6. The summed E-state index contributed by atoms with van der Waals surface area (Å²) >= 11 is 0. The van der Waals surface area contributed by atoms with Crippen LogP contribution in [0.25, 0.3) is 0 Å². The second-order valence-electron chi connectivity index (χ2n) is 3.38. The van der Waals surface area contributed by atoms with E-state index in [1.807, 2.05) is 0 Å². The van der Waals surface area contributed by atoms with Gasteiger partial charge < -0.3 is 0 Å². The van der Waals surface area contributed by atoms with Crippen molar-refractivity contribution in [3.63, 3.8) is 0 Å². The first-order chi connectivity index (χ1) is 10.2. The number of hydrogen-bond donors (Lipinski definition) is 0. The third kappa shape index (κ3) is 2.62. The van der Waals surface area contributed by atoms with Crippen LogP contribution in [0.4, 0.5) is 0 Å². The molecule has 0 spiro atoms. The zero-order chi connectivity index (χ0) is 17.9. The molecular formula is C12H16O3S. The van der Waals surface area contributed by atoms with Crippen LogP contribution in [0.2, 0.25) is 0 Å². The van der Waals surface area contributed by atoms with Crippen LogP contribution in [0, 0.1) is 12.8 Å². The molecule has 2 rings (SSSR count). The topological polar surface area (TPSA) is 43.4 Å². The molecular weight excluding hydrogens is 224 g/mol. The number of benzene rings is 1. The highest BCUT2D eigenvalue weighted by Crippen LogP contribution is 2.27. The lowest BCUT2D eigenvalue weighted by atomic mass is 9.86. The second-order valence-corrected chi connectivity index (χ2v) is 5.00. The Morgan fingerprint density at radius 2 is 2.06 bits per heavy atom. The molecule has 0 unspecified atom stereocenters. The highest BCUT2D eigenvalue weighted by Gasteiger charge is 2.22. The first kappa shape index (κ1) is 5.65. The minimum atomic E-state index is -4.30. The fraction of sp³-hybridized carbons (Fsp3) is 0.500. The monoisotopic (exact) mass is 247 g/mol. The van der Waals surface area contributed by atoms with Crippen LogP contribution in [-0.4, -0.2) is 15.0 Å². The molecule has 1 saturated carbocycles. The Morgan fingerprint density at radius 3 is 2.69 bits per heavy atom. The number of aryl methyl sites for hydroxylation is 1. The molecule has 0 heterocycles. The Morgan fingerprint density at radius 1 is 1.44 bits per heavy atom. The fourth-order valence-electron chi connectivity index (χ4n) is 1.13. The van der Waals surface area contributed by atoms with Crippen LogP contribution in [0.5, 0.6) is 0 Å². The highest BCUT2D eigenvalue weighted by atomic mass is 32.2. The van der Waals surface area contributed by atoms with Crippen LogP contribution in [-0.2, 0) is 14.3 Å². The van der Waals surface area contributed by atoms with E-state index in [1.165, 1.54) is 24.3 Å². The van der Waals surface area contributed by atoms with E-state index in [1.54, 1.807) is 6.92 Å². The molecule has 0 amide bonds. The van der Waals surface area contributed by atoms with Crippen LogP contribution in [0.15, 0.2) is 29.2 Å². The average Bonchev–Trinajstić information content (AvgIpc) is 2.44. The van der Waals surface area contributed by atoms with Crippen molar-refractivity contribution in [3.8, 4) is 0 Å². The third-order valence-electron chi connectivity index (χ3n) is 2.09. The smallest absolute Gasteiger partial charge is 0.266 e. The molecule has 0 bridgehead atoms. The van der Waals surface area contributed by atoms with Crippen LogP contribution in [0.3, 0.4) is 0 Å². The summed E-state index contributed by atoms with van der Waals surface area (Å²) in [6.45, 7) is 0.637.